The van der Waals surface area contributed by atoms with Gasteiger partial charge in [-0.3, -0.25) is 9.89 Å². The lowest BCUT2D eigenvalue weighted by Gasteiger charge is -2.34. The number of hydrogen-bond acceptors (Lipinski definition) is 3. The molecule has 1 atom stereocenters. The van der Waals surface area contributed by atoms with E-state index in [1.807, 2.05) is 0 Å². The van der Waals surface area contributed by atoms with Gasteiger partial charge in [-0.2, -0.15) is 0 Å². The normalized spacial score (nSPS) is 19.2. The number of aliphatic imine (C=N–C) groups is 1. The molecule has 1 saturated heterocycles. The number of nitrogens with one attached hydrogen (secondary N) is 1. The molecule has 1 heterocycles. The predicted molar refractivity (Wildman–Crippen MR) is 100 cm³/mol. The van der Waals surface area contributed by atoms with E-state index in [0.29, 0.717) is 17.9 Å². The molecule has 0 amide bonds. The number of nitrogens with two attached hydrogens (primary N) is 1. The molecule has 1 rings (SSSR count). The highest BCUT2D eigenvalue weighted by Crippen LogP contribution is 2.14. The fourth-order valence-electron chi connectivity index (χ4n) is 2.45. The van der Waals surface area contributed by atoms with Gasteiger partial charge in [0, 0.05) is 24.7 Å². The van der Waals surface area contributed by atoms with E-state index >= 15 is 0 Å². The maximum atomic E-state index is 5.96. The summed E-state index contributed by atoms with van der Waals surface area (Å²) in [6.45, 7) is 15.2. The highest BCUT2D eigenvalue weighted by atomic mass is 127. The molecule has 21 heavy (non-hydrogen) atoms. The van der Waals surface area contributed by atoms with Gasteiger partial charge < -0.3 is 15.8 Å². The Morgan fingerprint density at radius 1 is 1.29 bits per heavy atom. The van der Waals surface area contributed by atoms with Crippen LogP contribution in [0.2, 0.25) is 0 Å². The van der Waals surface area contributed by atoms with Crippen LogP contribution < -0.4 is 11.1 Å². The first kappa shape index (κ1) is 20.9. The minimum absolute atomic E-state index is 0. The third-order valence-corrected chi connectivity index (χ3v) is 3.28. The Labute approximate surface area is 147 Å². The molecular formula is C15H33IN4O. The first-order valence-corrected chi connectivity index (χ1v) is 7.68. The molecule has 0 aromatic heterocycles. The van der Waals surface area contributed by atoms with Crippen LogP contribution >= 0.6 is 24.0 Å². The van der Waals surface area contributed by atoms with E-state index in [0.717, 1.165) is 39.3 Å². The van der Waals surface area contributed by atoms with E-state index < -0.39 is 0 Å². The quantitative estimate of drug-likeness (QED) is 0.412. The Hall–Kier alpha value is -0.0800. The molecule has 0 radical (unpaired) electrons. The van der Waals surface area contributed by atoms with Crippen LogP contribution in [0.1, 0.15) is 41.0 Å². The second-order valence-corrected chi connectivity index (χ2v) is 7.03. The van der Waals surface area contributed by atoms with E-state index in [9.17, 15) is 0 Å². The van der Waals surface area contributed by atoms with Crippen molar-refractivity contribution in [1.29, 1.82) is 0 Å². The minimum atomic E-state index is -0.0416. The number of hydrogen-bond donors (Lipinski definition) is 2. The lowest BCUT2D eigenvalue weighted by atomic mass is 10.0. The van der Waals surface area contributed by atoms with Crippen LogP contribution in [0.5, 0.6) is 0 Å². The average Bonchev–Trinajstić information content (AvgIpc) is 2.33. The molecule has 0 bridgehead atoms. The molecule has 1 unspecified atom stereocenters. The Morgan fingerprint density at radius 3 is 2.33 bits per heavy atom. The zero-order valence-corrected chi connectivity index (χ0v) is 16.5. The van der Waals surface area contributed by atoms with E-state index in [2.05, 4.69) is 49.8 Å². The molecule has 0 spiro atoms. The molecule has 0 saturated carbocycles. The summed E-state index contributed by atoms with van der Waals surface area (Å²) in [6, 6.07) is 0.458. The molecule has 1 fully saturated rings. The Kier molecular flexibility index (Phi) is 9.80. The second-order valence-electron chi connectivity index (χ2n) is 7.03. The van der Waals surface area contributed by atoms with Crippen LogP contribution in [0.15, 0.2) is 4.99 Å². The van der Waals surface area contributed by atoms with Crippen molar-refractivity contribution < 1.29 is 4.74 Å². The van der Waals surface area contributed by atoms with Gasteiger partial charge in [0.25, 0.3) is 0 Å². The number of guanidine groups is 1. The van der Waals surface area contributed by atoms with E-state index in [1.165, 1.54) is 0 Å². The zero-order valence-electron chi connectivity index (χ0n) is 14.2. The Balaban J connectivity index is 0.00000400. The van der Waals surface area contributed by atoms with Crippen molar-refractivity contribution in [1.82, 2.24) is 10.2 Å². The molecule has 1 aliphatic rings. The van der Waals surface area contributed by atoms with Crippen LogP contribution in [0.3, 0.4) is 0 Å². The van der Waals surface area contributed by atoms with Crippen molar-refractivity contribution in [3.05, 3.63) is 0 Å². The van der Waals surface area contributed by atoms with Gasteiger partial charge in [0.2, 0.25) is 0 Å². The maximum absolute atomic E-state index is 5.96. The predicted octanol–water partition coefficient (Wildman–Crippen LogP) is 2.05. The van der Waals surface area contributed by atoms with E-state index in [4.69, 9.17) is 10.5 Å². The topological polar surface area (TPSA) is 62.9 Å². The largest absolute Gasteiger partial charge is 0.379 e. The van der Waals surface area contributed by atoms with Crippen molar-refractivity contribution in [3.63, 3.8) is 0 Å². The van der Waals surface area contributed by atoms with Gasteiger partial charge in [0.05, 0.1) is 19.8 Å². The van der Waals surface area contributed by atoms with Gasteiger partial charge >= 0.3 is 0 Å². The smallest absolute Gasteiger partial charge is 0.189 e. The summed E-state index contributed by atoms with van der Waals surface area (Å²) in [5.41, 5.74) is 5.92. The second kappa shape index (κ2) is 9.84. The van der Waals surface area contributed by atoms with Crippen LogP contribution in [-0.4, -0.2) is 55.3 Å². The molecule has 5 nitrogen and oxygen atoms in total. The molecule has 0 aromatic rings. The average molecular weight is 412 g/mol. The standard InChI is InChI=1S/C15H32N4O.HI/c1-12(2)10-13(19-6-8-20-9-7-19)11-17-14(16)18-15(3,4)5;/h12-13H,6-11H2,1-5H3,(H3,16,17,18);1H. The van der Waals surface area contributed by atoms with Crippen LogP contribution in [0.25, 0.3) is 0 Å². The van der Waals surface area contributed by atoms with Gasteiger partial charge in [-0.15, -0.1) is 24.0 Å². The summed E-state index contributed by atoms with van der Waals surface area (Å²) in [6.07, 6.45) is 1.15. The van der Waals surface area contributed by atoms with E-state index in [1.54, 1.807) is 0 Å². The molecule has 6 heteroatoms. The zero-order chi connectivity index (χ0) is 15.2. The Morgan fingerprint density at radius 2 is 1.86 bits per heavy atom. The molecule has 1 aliphatic heterocycles. The fourth-order valence-corrected chi connectivity index (χ4v) is 2.45. The Bertz CT molecular complexity index is 309. The van der Waals surface area contributed by atoms with Gasteiger partial charge in [0.1, 0.15) is 0 Å². The van der Waals surface area contributed by atoms with Gasteiger partial charge in [-0.1, -0.05) is 13.8 Å². The first-order chi connectivity index (χ1) is 9.28. The third kappa shape index (κ3) is 9.52. The number of ether oxygens (including phenoxy) is 1. The fraction of sp³-hybridized carbons (Fsp3) is 0.933. The van der Waals surface area contributed by atoms with Crippen LogP contribution in [0, 0.1) is 5.92 Å². The highest BCUT2D eigenvalue weighted by molar-refractivity contribution is 14.0. The van der Waals surface area contributed by atoms with Crippen molar-refractivity contribution in [3.8, 4) is 0 Å². The monoisotopic (exact) mass is 412 g/mol. The third-order valence-electron chi connectivity index (χ3n) is 3.28. The van der Waals surface area contributed by atoms with Gasteiger partial charge in [0.15, 0.2) is 5.96 Å². The lowest BCUT2D eigenvalue weighted by molar-refractivity contribution is 0.0143. The SMILES string of the molecule is CC(C)CC(CN=C(N)NC(C)(C)C)N1CCOCC1.I. The molecular weight excluding hydrogens is 379 g/mol. The molecule has 0 aromatic carbocycles. The summed E-state index contributed by atoms with van der Waals surface area (Å²) < 4.78 is 5.43. The van der Waals surface area contributed by atoms with Crippen molar-refractivity contribution in [2.45, 2.75) is 52.6 Å². The lowest BCUT2D eigenvalue weighted by Crippen LogP contribution is -2.48. The number of nitrogens with zero attached hydrogens (tertiary/aromatic N) is 2. The number of halogens is 1. The first-order valence-electron chi connectivity index (χ1n) is 7.68. The van der Waals surface area contributed by atoms with Crippen LogP contribution in [0.4, 0.5) is 0 Å². The maximum Gasteiger partial charge on any atom is 0.189 e. The van der Waals surface area contributed by atoms with Crippen LogP contribution in [-0.2, 0) is 4.74 Å². The number of rotatable bonds is 5. The van der Waals surface area contributed by atoms with Crippen molar-refractivity contribution in [2.24, 2.45) is 16.6 Å². The van der Waals surface area contributed by atoms with E-state index in [-0.39, 0.29) is 29.5 Å². The highest BCUT2D eigenvalue weighted by Gasteiger charge is 2.22. The summed E-state index contributed by atoms with van der Waals surface area (Å²) in [4.78, 5) is 7.02. The summed E-state index contributed by atoms with van der Waals surface area (Å²) in [7, 11) is 0. The number of morpholine rings is 1. The molecule has 0 aliphatic carbocycles. The molecule has 3 N–H and O–H groups in total. The summed E-state index contributed by atoms with van der Waals surface area (Å²) >= 11 is 0. The minimum Gasteiger partial charge on any atom is -0.379 e. The van der Waals surface area contributed by atoms with Crippen molar-refractivity contribution in [2.75, 3.05) is 32.8 Å². The summed E-state index contributed by atoms with van der Waals surface area (Å²) in [5, 5.41) is 3.22. The van der Waals surface area contributed by atoms with Crippen molar-refractivity contribution >= 4 is 29.9 Å². The summed E-state index contributed by atoms with van der Waals surface area (Å²) in [5.74, 6) is 1.20. The molecule has 126 valence electrons. The van der Waals surface area contributed by atoms with Gasteiger partial charge in [-0.25, -0.2) is 0 Å². The van der Waals surface area contributed by atoms with Gasteiger partial charge in [-0.05, 0) is 33.1 Å².